The fourth-order valence-corrected chi connectivity index (χ4v) is 12.6. The fourth-order valence-electron chi connectivity index (χ4n) is 12.6. The van der Waals surface area contributed by atoms with Crippen molar-refractivity contribution in [1.82, 2.24) is 0 Å². The normalized spacial score (nSPS) is 21.8. The number of fused-ring (bicyclic) bond motifs is 12. The predicted octanol–water partition coefficient (Wildman–Crippen LogP) is 17.6. The Balaban J connectivity index is 0.934. The van der Waals surface area contributed by atoms with Gasteiger partial charge in [0.25, 0.3) is 0 Å². The van der Waals surface area contributed by atoms with Gasteiger partial charge in [0.1, 0.15) is 11.5 Å². The van der Waals surface area contributed by atoms with Crippen LogP contribution < -0.4 is 9.64 Å². The lowest BCUT2D eigenvalue weighted by molar-refractivity contribution is 0.321. The van der Waals surface area contributed by atoms with Crippen LogP contribution in [-0.2, 0) is 5.41 Å². The molecule has 8 aromatic rings. The lowest BCUT2D eigenvalue weighted by Gasteiger charge is -2.44. The molecule has 0 saturated carbocycles. The Kier molecular flexibility index (Phi) is 9.88. The van der Waals surface area contributed by atoms with Crippen LogP contribution in [0.3, 0.4) is 0 Å². The van der Waals surface area contributed by atoms with E-state index in [4.69, 9.17) is 4.74 Å². The van der Waals surface area contributed by atoms with E-state index in [0.29, 0.717) is 11.8 Å². The average molecular weight is 910 g/mol. The molecule has 338 valence electrons. The van der Waals surface area contributed by atoms with Gasteiger partial charge in [0.2, 0.25) is 0 Å². The summed E-state index contributed by atoms with van der Waals surface area (Å²) in [5, 5.41) is 2.32. The van der Waals surface area contributed by atoms with Gasteiger partial charge in [-0.25, -0.2) is 0 Å². The van der Waals surface area contributed by atoms with Gasteiger partial charge in [0, 0.05) is 57.1 Å². The summed E-state index contributed by atoms with van der Waals surface area (Å²) in [7, 11) is 0. The van der Waals surface area contributed by atoms with Gasteiger partial charge in [0.15, 0.2) is 0 Å². The molecule has 0 fully saturated rings. The lowest BCUT2D eigenvalue weighted by Crippen LogP contribution is -2.38. The number of para-hydroxylation sites is 1. The van der Waals surface area contributed by atoms with Gasteiger partial charge < -0.3 is 9.64 Å². The summed E-state index contributed by atoms with van der Waals surface area (Å²) >= 11 is 0. The van der Waals surface area contributed by atoms with Crippen LogP contribution >= 0.6 is 0 Å². The zero-order valence-corrected chi connectivity index (χ0v) is 39.4. The third-order valence-corrected chi connectivity index (χ3v) is 16.0. The zero-order valence-electron chi connectivity index (χ0n) is 39.4. The topological polar surface area (TPSA) is 12.5 Å². The van der Waals surface area contributed by atoms with Crippen molar-refractivity contribution in [3.05, 3.63) is 306 Å². The second kappa shape index (κ2) is 16.9. The van der Waals surface area contributed by atoms with Crippen molar-refractivity contribution in [3.8, 4) is 28.0 Å². The molecule has 6 aliphatic rings. The first kappa shape index (κ1) is 41.5. The Morgan fingerprint density at radius 1 is 0.493 bits per heavy atom. The standard InChI is InChI=1S/C69H51NO/c1-3-16-46(17-4-1)48-30-37-55(38-31-48)70(56-39-32-49(33-40-56)53-23-15-22-52(44-53)47-18-5-2-6-19-47)66-29-14-12-24-57(66)54-34-41-61-60-27-11-13-28-62(60)69(65(61)45-54)63-42-35-50-20-7-9-25-58(50)67(63)71-68-59-26-10-8-21-51(59)36-43-64(68)69/h1-16,18-43,45-46,50,52,58H,17,44H2. The molecule has 5 aliphatic carbocycles. The monoisotopic (exact) mass is 909 g/mol. The number of hydrogen-bond donors (Lipinski definition) is 0. The number of benzene rings is 8. The number of ether oxygens (including phenoxy) is 1. The van der Waals surface area contributed by atoms with Gasteiger partial charge in [-0.2, -0.15) is 0 Å². The van der Waals surface area contributed by atoms with E-state index in [2.05, 4.69) is 266 Å². The maximum Gasteiger partial charge on any atom is 0.139 e. The van der Waals surface area contributed by atoms with Crippen LogP contribution in [0.4, 0.5) is 17.1 Å². The lowest BCUT2D eigenvalue weighted by atomic mass is 9.62. The molecule has 0 radical (unpaired) electrons. The fraction of sp³-hybridized carbons (Fsp3) is 0.101. The molecule has 8 aromatic carbocycles. The van der Waals surface area contributed by atoms with E-state index < -0.39 is 5.41 Å². The number of rotatable bonds is 7. The van der Waals surface area contributed by atoms with Gasteiger partial charge in [-0.15, -0.1) is 0 Å². The van der Waals surface area contributed by atoms with Gasteiger partial charge in [-0.3, -0.25) is 0 Å². The largest absolute Gasteiger partial charge is 0.460 e. The second-order valence-electron chi connectivity index (χ2n) is 19.8. The molecule has 5 atom stereocenters. The van der Waals surface area contributed by atoms with Crippen molar-refractivity contribution in [2.75, 3.05) is 4.90 Å². The molecule has 14 rings (SSSR count). The molecule has 1 heterocycles. The van der Waals surface area contributed by atoms with Crippen molar-refractivity contribution >= 4 is 33.4 Å². The Hall–Kier alpha value is -8.46. The minimum Gasteiger partial charge on any atom is -0.460 e. The van der Waals surface area contributed by atoms with E-state index in [-0.39, 0.29) is 11.8 Å². The van der Waals surface area contributed by atoms with E-state index in [1.807, 2.05) is 0 Å². The molecule has 0 amide bonds. The molecule has 0 aromatic heterocycles. The summed E-state index contributed by atoms with van der Waals surface area (Å²) in [5.41, 5.74) is 17.9. The first-order valence-corrected chi connectivity index (χ1v) is 25.3. The zero-order chi connectivity index (χ0) is 46.9. The number of allylic oxidation sites excluding steroid dienone is 15. The summed E-state index contributed by atoms with van der Waals surface area (Å²) in [6.07, 6.45) is 31.6. The van der Waals surface area contributed by atoms with E-state index in [1.54, 1.807) is 0 Å². The molecule has 0 bridgehead atoms. The van der Waals surface area contributed by atoms with E-state index >= 15 is 0 Å². The third-order valence-electron chi connectivity index (χ3n) is 16.0. The average Bonchev–Trinajstić information content (AvgIpc) is 3.74. The molecule has 5 unspecified atom stereocenters. The SMILES string of the molecule is C1=CCC(c2ccc(N(c3ccc(C4=CC=CC(c5ccccc5)C4)cc3)c3ccccc3-c3ccc4c(c3)C3(C5=C(Oc6c3ccc3ccccc63)C3C=CC=CC3C=C5)c3ccccc3-4)cc2)C=C1. The highest BCUT2D eigenvalue weighted by Crippen LogP contribution is 2.64. The first-order chi connectivity index (χ1) is 35.2. The van der Waals surface area contributed by atoms with Crippen molar-refractivity contribution in [2.45, 2.75) is 30.1 Å². The molecular weight excluding hydrogens is 859 g/mol. The van der Waals surface area contributed by atoms with Crippen LogP contribution in [0.25, 0.3) is 38.6 Å². The van der Waals surface area contributed by atoms with Gasteiger partial charge >= 0.3 is 0 Å². The first-order valence-electron chi connectivity index (χ1n) is 25.3. The highest BCUT2D eigenvalue weighted by molar-refractivity contribution is 5.97. The highest BCUT2D eigenvalue weighted by Gasteiger charge is 2.54. The van der Waals surface area contributed by atoms with Crippen LogP contribution in [0, 0.1) is 11.8 Å². The van der Waals surface area contributed by atoms with Crippen LogP contribution in [0.1, 0.15) is 58.1 Å². The number of anilines is 3. The molecule has 0 N–H and O–H groups in total. The van der Waals surface area contributed by atoms with Gasteiger partial charge in [0.05, 0.1) is 11.1 Å². The number of nitrogens with zero attached hydrogens (tertiary/aromatic N) is 1. The number of hydrogen-bond acceptors (Lipinski definition) is 2. The molecule has 2 heteroatoms. The summed E-state index contributed by atoms with van der Waals surface area (Å²) in [4.78, 5) is 2.46. The maximum absolute atomic E-state index is 7.34. The minimum atomic E-state index is -0.614. The van der Waals surface area contributed by atoms with Crippen molar-refractivity contribution < 1.29 is 4.74 Å². The van der Waals surface area contributed by atoms with E-state index in [0.717, 1.165) is 46.8 Å². The second-order valence-corrected chi connectivity index (χ2v) is 19.8. The maximum atomic E-state index is 7.34. The molecule has 2 nitrogen and oxygen atoms in total. The predicted molar refractivity (Wildman–Crippen MR) is 294 cm³/mol. The summed E-state index contributed by atoms with van der Waals surface area (Å²) in [6, 6.07) is 68.1. The highest BCUT2D eigenvalue weighted by atomic mass is 16.5. The van der Waals surface area contributed by atoms with Crippen LogP contribution in [0.5, 0.6) is 5.75 Å². The molecule has 71 heavy (non-hydrogen) atoms. The molecular formula is C69H51NO. The Morgan fingerprint density at radius 3 is 2.06 bits per heavy atom. The van der Waals surface area contributed by atoms with Crippen LogP contribution in [0.15, 0.2) is 272 Å². The van der Waals surface area contributed by atoms with E-state index in [1.165, 1.54) is 72.2 Å². The quantitative estimate of drug-likeness (QED) is 0.158. The molecule has 1 spiro atoms. The van der Waals surface area contributed by atoms with Crippen molar-refractivity contribution in [1.29, 1.82) is 0 Å². The van der Waals surface area contributed by atoms with Gasteiger partial charge in [-0.05, 0) is 105 Å². The summed E-state index contributed by atoms with van der Waals surface area (Å²) in [5.74, 6) is 3.06. The summed E-state index contributed by atoms with van der Waals surface area (Å²) < 4.78 is 7.34. The van der Waals surface area contributed by atoms with E-state index in [9.17, 15) is 0 Å². The van der Waals surface area contributed by atoms with Crippen LogP contribution in [0.2, 0.25) is 0 Å². The van der Waals surface area contributed by atoms with Gasteiger partial charge in [-0.1, -0.05) is 225 Å². The minimum absolute atomic E-state index is 0.0946. The smallest absolute Gasteiger partial charge is 0.139 e. The molecule has 0 saturated heterocycles. The Morgan fingerprint density at radius 2 is 1.20 bits per heavy atom. The Labute approximate surface area is 416 Å². The van der Waals surface area contributed by atoms with Crippen LogP contribution in [-0.4, -0.2) is 0 Å². The summed E-state index contributed by atoms with van der Waals surface area (Å²) in [6.45, 7) is 0. The third kappa shape index (κ3) is 6.69. The Bertz CT molecular complexity index is 3690. The van der Waals surface area contributed by atoms with Crippen molar-refractivity contribution in [2.24, 2.45) is 11.8 Å². The van der Waals surface area contributed by atoms with Crippen molar-refractivity contribution in [3.63, 3.8) is 0 Å². The molecule has 1 aliphatic heterocycles.